The Morgan fingerprint density at radius 3 is 2.37 bits per heavy atom. The van der Waals surface area contributed by atoms with Gasteiger partial charge in [-0.15, -0.1) is 0 Å². The normalized spacial score (nSPS) is 13.9. The van der Waals surface area contributed by atoms with Crippen LogP contribution in [0.3, 0.4) is 0 Å². The van der Waals surface area contributed by atoms with E-state index in [0.717, 1.165) is 47.2 Å². The zero-order valence-corrected chi connectivity index (χ0v) is 19.5. The van der Waals surface area contributed by atoms with E-state index in [2.05, 4.69) is 9.88 Å². The summed E-state index contributed by atoms with van der Waals surface area (Å²) in [5.41, 5.74) is 0.982. The minimum Gasteiger partial charge on any atom is -0.368 e. The maximum atomic E-state index is 14.6. The van der Waals surface area contributed by atoms with Crippen molar-refractivity contribution < 1.29 is 13.6 Å². The highest BCUT2D eigenvalue weighted by molar-refractivity contribution is 7.99. The van der Waals surface area contributed by atoms with Crippen LogP contribution >= 0.6 is 11.8 Å². The Bertz CT molecular complexity index is 1440. The first-order valence-electron chi connectivity index (χ1n) is 11.2. The Kier molecular flexibility index (Phi) is 6.50. The number of hydrogen-bond donors (Lipinski definition) is 0. The van der Waals surface area contributed by atoms with E-state index in [1.807, 2.05) is 30.3 Å². The molecule has 0 radical (unpaired) electrons. The van der Waals surface area contributed by atoms with Crippen molar-refractivity contribution in [1.82, 2.24) is 14.5 Å². The zero-order valence-electron chi connectivity index (χ0n) is 18.7. The molecule has 5 rings (SSSR count). The smallest absolute Gasteiger partial charge is 0.266 e. The van der Waals surface area contributed by atoms with Crippen LogP contribution in [0, 0.1) is 11.6 Å². The lowest BCUT2D eigenvalue weighted by molar-refractivity contribution is -0.128. The third-order valence-corrected chi connectivity index (χ3v) is 6.90. The number of benzene rings is 3. The molecule has 1 amide bonds. The van der Waals surface area contributed by atoms with Crippen molar-refractivity contribution in [2.24, 2.45) is 0 Å². The second kappa shape index (κ2) is 9.87. The third-order valence-electron chi connectivity index (χ3n) is 5.97. The monoisotopic (exact) mass is 492 g/mol. The van der Waals surface area contributed by atoms with Crippen molar-refractivity contribution in [2.45, 2.75) is 5.16 Å². The second-order valence-corrected chi connectivity index (χ2v) is 9.08. The van der Waals surface area contributed by atoms with E-state index in [0.29, 0.717) is 24.0 Å². The summed E-state index contributed by atoms with van der Waals surface area (Å²) in [5, 5.41) is 0.486. The molecule has 4 aromatic rings. The van der Waals surface area contributed by atoms with Gasteiger partial charge in [0.25, 0.3) is 5.56 Å². The molecular weight excluding hydrogens is 470 g/mol. The van der Waals surface area contributed by atoms with Gasteiger partial charge in [0, 0.05) is 37.9 Å². The SMILES string of the molecule is O=C(CSc1nc2ccccc2c(=O)n1-c1ccc(F)cc1F)N1CCN(c2ccccc2)CC1. The molecular formula is C26H22F2N4O2S. The standard InChI is InChI=1S/C26H22F2N4O2S/c27-18-10-11-23(21(28)16-18)32-25(34)20-8-4-5-9-22(20)29-26(32)35-17-24(33)31-14-12-30(13-15-31)19-6-2-1-3-7-19/h1-11,16H,12-15,17H2. The van der Waals surface area contributed by atoms with Gasteiger partial charge >= 0.3 is 0 Å². The van der Waals surface area contributed by atoms with Crippen LogP contribution in [0.15, 0.2) is 82.7 Å². The number of fused-ring (bicyclic) bond motifs is 1. The Morgan fingerprint density at radius 2 is 1.63 bits per heavy atom. The topological polar surface area (TPSA) is 58.4 Å². The molecule has 0 bridgehead atoms. The van der Waals surface area contributed by atoms with E-state index in [1.165, 1.54) is 6.07 Å². The number of piperazine rings is 1. The van der Waals surface area contributed by atoms with Gasteiger partial charge in [0.1, 0.15) is 11.6 Å². The van der Waals surface area contributed by atoms with Crippen LogP contribution in [0.25, 0.3) is 16.6 Å². The van der Waals surface area contributed by atoms with Gasteiger partial charge in [-0.05, 0) is 36.4 Å². The summed E-state index contributed by atoms with van der Waals surface area (Å²) < 4.78 is 29.3. The Labute approximate surface area is 204 Å². The number of para-hydroxylation sites is 2. The van der Waals surface area contributed by atoms with Crippen molar-refractivity contribution in [2.75, 3.05) is 36.8 Å². The number of thioether (sulfide) groups is 1. The molecule has 0 N–H and O–H groups in total. The number of halogens is 2. The predicted molar refractivity (Wildman–Crippen MR) is 133 cm³/mol. The minimum absolute atomic E-state index is 0.0406. The second-order valence-electron chi connectivity index (χ2n) is 8.14. The van der Waals surface area contributed by atoms with Crippen LogP contribution in [0.4, 0.5) is 14.5 Å². The molecule has 1 aliphatic rings. The summed E-state index contributed by atoms with van der Waals surface area (Å²) in [7, 11) is 0. The first-order chi connectivity index (χ1) is 17.0. The molecule has 1 aromatic heterocycles. The quantitative estimate of drug-likeness (QED) is 0.310. The number of anilines is 1. The summed E-state index contributed by atoms with van der Waals surface area (Å²) in [6, 6.07) is 19.8. The molecule has 0 aliphatic carbocycles. The number of nitrogens with zero attached hydrogens (tertiary/aromatic N) is 4. The van der Waals surface area contributed by atoms with E-state index in [-0.39, 0.29) is 22.5 Å². The number of carbonyl (C=O) groups is 1. The molecule has 1 fully saturated rings. The number of hydrogen-bond acceptors (Lipinski definition) is 5. The van der Waals surface area contributed by atoms with Crippen molar-refractivity contribution in [1.29, 1.82) is 0 Å². The van der Waals surface area contributed by atoms with Gasteiger partial charge in [0.2, 0.25) is 5.91 Å². The minimum atomic E-state index is -0.880. The molecule has 178 valence electrons. The zero-order chi connectivity index (χ0) is 24.4. The summed E-state index contributed by atoms with van der Waals surface area (Å²) in [4.78, 5) is 34.8. The van der Waals surface area contributed by atoms with E-state index < -0.39 is 17.2 Å². The number of amides is 1. The van der Waals surface area contributed by atoms with Crippen LogP contribution in [0.5, 0.6) is 0 Å². The Balaban J connectivity index is 1.37. The summed E-state index contributed by atoms with van der Waals surface area (Å²) >= 11 is 1.07. The highest BCUT2D eigenvalue weighted by Gasteiger charge is 2.23. The van der Waals surface area contributed by atoms with Crippen LogP contribution < -0.4 is 10.5 Å². The van der Waals surface area contributed by atoms with Gasteiger partial charge in [-0.2, -0.15) is 0 Å². The summed E-state index contributed by atoms with van der Waals surface area (Å²) in [6.45, 7) is 2.61. The average Bonchev–Trinajstić information content (AvgIpc) is 2.89. The maximum absolute atomic E-state index is 14.6. The molecule has 0 saturated carbocycles. The highest BCUT2D eigenvalue weighted by Crippen LogP contribution is 2.24. The molecule has 2 heterocycles. The maximum Gasteiger partial charge on any atom is 0.266 e. The summed E-state index contributed by atoms with van der Waals surface area (Å²) in [6.07, 6.45) is 0. The third kappa shape index (κ3) is 4.77. The molecule has 6 nitrogen and oxygen atoms in total. The van der Waals surface area contributed by atoms with E-state index >= 15 is 0 Å². The van der Waals surface area contributed by atoms with Crippen molar-refractivity contribution in [3.05, 3.63) is 94.8 Å². The molecule has 0 atom stereocenters. The lowest BCUT2D eigenvalue weighted by Crippen LogP contribution is -2.49. The molecule has 3 aromatic carbocycles. The van der Waals surface area contributed by atoms with Gasteiger partial charge in [-0.3, -0.25) is 14.2 Å². The molecule has 1 aliphatic heterocycles. The lowest BCUT2D eigenvalue weighted by Gasteiger charge is -2.36. The fraction of sp³-hybridized carbons (Fsp3) is 0.192. The van der Waals surface area contributed by atoms with Crippen molar-refractivity contribution >= 4 is 34.3 Å². The molecule has 0 spiro atoms. The fourth-order valence-corrected chi connectivity index (χ4v) is 5.06. The average molecular weight is 493 g/mol. The van der Waals surface area contributed by atoms with Crippen LogP contribution in [0.2, 0.25) is 0 Å². The molecule has 0 unspecified atom stereocenters. The van der Waals surface area contributed by atoms with E-state index in [9.17, 15) is 18.4 Å². The predicted octanol–water partition coefficient (Wildman–Crippen LogP) is 4.10. The largest absolute Gasteiger partial charge is 0.368 e. The van der Waals surface area contributed by atoms with Gasteiger partial charge in [0.05, 0.1) is 22.3 Å². The first kappa shape index (κ1) is 23.0. The molecule has 35 heavy (non-hydrogen) atoms. The number of aromatic nitrogens is 2. The Morgan fingerprint density at radius 1 is 0.914 bits per heavy atom. The fourth-order valence-electron chi connectivity index (χ4n) is 4.15. The molecule has 1 saturated heterocycles. The van der Waals surface area contributed by atoms with Gasteiger partial charge < -0.3 is 9.80 Å². The van der Waals surface area contributed by atoms with E-state index in [4.69, 9.17) is 0 Å². The van der Waals surface area contributed by atoms with Crippen LogP contribution in [-0.2, 0) is 4.79 Å². The Hall–Kier alpha value is -3.72. The van der Waals surface area contributed by atoms with Crippen molar-refractivity contribution in [3.63, 3.8) is 0 Å². The first-order valence-corrected chi connectivity index (χ1v) is 12.2. The highest BCUT2D eigenvalue weighted by atomic mass is 32.2. The van der Waals surface area contributed by atoms with Gasteiger partial charge in [-0.25, -0.2) is 13.8 Å². The lowest BCUT2D eigenvalue weighted by atomic mass is 10.2. The van der Waals surface area contributed by atoms with Crippen LogP contribution in [-0.4, -0.2) is 52.3 Å². The number of carbonyl (C=O) groups excluding carboxylic acids is 1. The van der Waals surface area contributed by atoms with Gasteiger partial charge in [0.15, 0.2) is 5.16 Å². The summed E-state index contributed by atoms with van der Waals surface area (Å²) in [5.74, 6) is -1.67. The van der Waals surface area contributed by atoms with Crippen LogP contribution in [0.1, 0.15) is 0 Å². The number of rotatable bonds is 5. The molecule has 9 heteroatoms. The van der Waals surface area contributed by atoms with Gasteiger partial charge in [-0.1, -0.05) is 42.1 Å². The van der Waals surface area contributed by atoms with E-state index in [1.54, 1.807) is 29.2 Å². The van der Waals surface area contributed by atoms with Crippen molar-refractivity contribution in [3.8, 4) is 5.69 Å².